The first-order valence-electron chi connectivity index (χ1n) is 8.11. The number of benzene rings is 2. The molecule has 2 aromatic rings. The molecular weight excluding hydrogens is 342 g/mol. The average molecular weight is 361 g/mol. The van der Waals surface area contributed by atoms with Crippen LogP contribution in [0.2, 0.25) is 0 Å². The first kappa shape index (κ1) is 16.1. The molecule has 0 saturated heterocycles. The van der Waals surface area contributed by atoms with Crippen molar-refractivity contribution in [2.75, 3.05) is 25.0 Å². The summed E-state index contributed by atoms with van der Waals surface area (Å²) in [6.45, 7) is 2.86. The Morgan fingerprint density at radius 1 is 1.12 bits per heavy atom. The predicted octanol–water partition coefficient (Wildman–Crippen LogP) is 2.67. The molecule has 0 radical (unpaired) electrons. The second-order valence-electron chi connectivity index (χ2n) is 6.18. The summed E-state index contributed by atoms with van der Waals surface area (Å²) >= 11 is 0. The molecule has 0 atom stereocenters. The highest BCUT2D eigenvalue weighted by molar-refractivity contribution is 7.93. The fraction of sp³-hybridized carbons (Fsp3) is 0.333. The number of hydrogen-bond acceptors (Lipinski definition) is 5. The number of fused-ring (bicyclic) bond motifs is 2. The van der Waals surface area contributed by atoms with Gasteiger partial charge in [0.1, 0.15) is 22.1 Å². The lowest BCUT2D eigenvalue weighted by Crippen LogP contribution is -2.16. The van der Waals surface area contributed by atoms with Crippen molar-refractivity contribution >= 4 is 15.7 Å². The van der Waals surface area contributed by atoms with Gasteiger partial charge in [0.25, 0.3) is 10.0 Å². The van der Waals surface area contributed by atoms with Gasteiger partial charge in [-0.2, -0.15) is 0 Å². The van der Waals surface area contributed by atoms with E-state index < -0.39 is 10.0 Å². The maximum absolute atomic E-state index is 13.2. The van der Waals surface area contributed by atoms with Gasteiger partial charge in [-0.15, -0.1) is 0 Å². The second-order valence-corrected chi connectivity index (χ2v) is 7.80. The van der Waals surface area contributed by atoms with E-state index in [9.17, 15) is 8.42 Å². The van der Waals surface area contributed by atoms with Crippen LogP contribution in [0.15, 0.2) is 29.2 Å². The van der Waals surface area contributed by atoms with Gasteiger partial charge in [-0.05, 0) is 30.7 Å². The van der Waals surface area contributed by atoms with E-state index in [1.807, 2.05) is 19.1 Å². The number of hydrogen-bond donors (Lipinski definition) is 1. The van der Waals surface area contributed by atoms with Crippen molar-refractivity contribution in [2.45, 2.75) is 24.7 Å². The standard InChI is InChI=1S/C18H19NO5S/c1-11-3-4-15(22-2)14(9-11)19-25(20,21)18-13-6-8-23-16(13)10-12-5-7-24-17(12)18/h3-4,9-10,19H,5-8H2,1-2H3. The van der Waals surface area contributed by atoms with Gasteiger partial charge in [-0.1, -0.05) is 6.07 Å². The lowest BCUT2D eigenvalue weighted by molar-refractivity contribution is 0.348. The molecule has 2 aromatic carbocycles. The molecule has 7 heteroatoms. The summed E-state index contributed by atoms with van der Waals surface area (Å²) in [6.07, 6.45) is 1.23. The smallest absolute Gasteiger partial charge is 0.266 e. The first-order chi connectivity index (χ1) is 12.0. The summed E-state index contributed by atoms with van der Waals surface area (Å²) in [5.74, 6) is 1.56. The van der Waals surface area contributed by atoms with Gasteiger partial charge in [0.2, 0.25) is 0 Å². The van der Waals surface area contributed by atoms with E-state index in [2.05, 4.69) is 4.72 Å². The minimum absolute atomic E-state index is 0.193. The fourth-order valence-electron chi connectivity index (χ4n) is 3.32. The van der Waals surface area contributed by atoms with Crippen molar-refractivity contribution in [3.05, 3.63) is 41.0 Å². The Balaban J connectivity index is 1.84. The number of aryl methyl sites for hydroxylation is 1. The molecule has 0 unspecified atom stereocenters. The molecule has 2 aliphatic heterocycles. The zero-order valence-corrected chi connectivity index (χ0v) is 14.9. The Morgan fingerprint density at radius 3 is 2.72 bits per heavy atom. The van der Waals surface area contributed by atoms with Crippen molar-refractivity contribution in [3.63, 3.8) is 0 Å². The van der Waals surface area contributed by atoms with E-state index in [1.54, 1.807) is 12.1 Å². The maximum Gasteiger partial charge on any atom is 0.266 e. The Labute approximate surface area is 146 Å². The molecule has 1 N–H and O–H groups in total. The third-order valence-corrected chi connectivity index (χ3v) is 5.93. The Bertz CT molecular complexity index is 920. The van der Waals surface area contributed by atoms with Gasteiger partial charge in [-0.3, -0.25) is 4.72 Å². The Kier molecular flexibility index (Phi) is 3.76. The zero-order valence-electron chi connectivity index (χ0n) is 14.1. The monoisotopic (exact) mass is 361 g/mol. The van der Waals surface area contributed by atoms with Gasteiger partial charge in [-0.25, -0.2) is 8.42 Å². The summed E-state index contributed by atoms with van der Waals surface area (Å²) in [6, 6.07) is 7.26. The van der Waals surface area contributed by atoms with Gasteiger partial charge in [0.15, 0.2) is 0 Å². The van der Waals surface area contributed by atoms with Crippen LogP contribution in [0, 0.1) is 6.92 Å². The SMILES string of the molecule is COc1ccc(C)cc1NS(=O)(=O)c1c2c(cc3c1OCC3)OCC2. The van der Waals surface area contributed by atoms with Gasteiger partial charge >= 0.3 is 0 Å². The van der Waals surface area contributed by atoms with Crippen LogP contribution >= 0.6 is 0 Å². The molecule has 0 amide bonds. The third kappa shape index (κ3) is 2.68. The Hall–Kier alpha value is -2.41. The molecule has 0 saturated carbocycles. The number of nitrogens with one attached hydrogen (secondary N) is 1. The van der Waals surface area contributed by atoms with Crippen LogP contribution in [0.4, 0.5) is 5.69 Å². The van der Waals surface area contributed by atoms with Crippen LogP contribution in [-0.2, 0) is 22.9 Å². The van der Waals surface area contributed by atoms with E-state index in [1.165, 1.54) is 7.11 Å². The molecule has 25 heavy (non-hydrogen) atoms. The molecule has 2 heterocycles. The normalized spacial score (nSPS) is 15.1. The highest BCUT2D eigenvalue weighted by Gasteiger charge is 2.34. The lowest BCUT2D eigenvalue weighted by Gasteiger charge is -2.16. The predicted molar refractivity (Wildman–Crippen MR) is 93.4 cm³/mol. The van der Waals surface area contributed by atoms with Crippen molar-refractivity contribution in [1.82, 2.24) is 0 Å². The summed E-state index contributed by atoms with van der Waals surface area (Å²) in [5.41, 5.74) is 2.89. The summed E-state index contributed by atoms with van der Waals surface area (Å²) < 4.78 is 45.6. The van der Waals surface area contributed by atoms with Crippen LogP contribution in [-0.4, -0.2) is 28.7 Å². The van der Waals surface area contributed by atoms with Crippen molar-refractivity contribution in [3.8, 4) is 17.2 Å². The molecule has 2 aliphatic rings. The molecule has 0 aliphatic carbocycles. The molecule has 0 spiro atoms. The fourth-order valence-corrected chi connectivity index (χ4v) is 4.84. The molecule has 6 nitrogen and oxygen atoms in total. The van der Waals surface area contributed by atoms with E-state index >= 15 is 0 Å². The van der Waals surface area contributed by atoms with Gasteiger partial charge in [0, 0.05) is 24.0 Å². The molecule has 4 rings (SSSR count). The highest BCUT2D eigenvalue weighted by atomic mass is 32.2. The molecule has 132 valence electrons. The molecule has 0 bridgehead atoms. The number of anilines is 1. The van der Waals surface area contributed by atoms with Crippen molar-refractivity contribution in [2.24, 2.45) is 0 Å². The van der Waals surface area contributed by atoms with Gasteiger partial charge in [0.05, 0.1) is 26.0 Å². The minimum atomic E-state index is -3.85. The van der Waals surface area contributed by atoms with Crippen molar-refractivity contribution < 1.29 is 22.6 Å². The minimum Gasteiger partial charge on any atom is -0.495 e. The van der Waals surface area contributed by atoms with Crippen LogP contribution in [0.5, 0.6) is 17.2 Å². The molecule has 0 aromatic heterocycles. The number of ether oxygens (including phenoxy) is 3. The molecule has 0 fully saturated rings. The van der Waals surface area contributed by atoms with Crippen molar-refractivity contribution in [1.29, 1.82) is 0 Å². The number of sulfonamides is 1. The summed E-state index contributed by atoms with van der Waals surface area (Å²) in [5, 5.41) is 0. The van der Waals surface area contributed by atoms with Crippen LogP contribution in [0.1, 0.15) is 16.7 Å². The highest BCUT2D eigenvalue weighted by Crippen LogP contribution is 2.44. The van der Waals surface area contributed by atoms with Gasteiger partial charge < -0.3 is 14.2 Å². The van der Waals surface area contributed by atoms with Crippen LogP contribution in [0.25, 0.3) is 0 Å². The zero-order chi connectivity index (χ0) is 17.6. The number of methoxy groups -OCH3 is 1. The lowest BCUT2D eigenvalue weighted by atomic mass is 10.1. The second kappa shape index (κ2) is 5.84. The van der Waals surface area contributed by atoms with E-state index in [-0.39, 0.29) is 4.90 Å². The topological polar surface area (TPSA) is 73.9 Å². The maximum atomic E-state index is 13.2. The molecular formula is C18H19NO5S. The summed E-state index contributed by atoms with van der Waals surface area (Å²) in [7, 11) is -2.34. The van der Waals surface area contributed by atoms with E-state index in [0.29, 0.717) is 54.6 Å². The number of rotatable bonds is 4. The quantitative estimate of drug-likeness (QED) is 0.906. The van der Waals surface area contributed by atoms with E-state index in [0.717, 1.165) is 11.1 Å². The largest absolute Gasteiger partial charge is 0.495 e. The van der Waals surface area contributed by atoms with Crippen LogP contribution < -0.4 is 18.9 Å². The summed E-state index contributed by atoms with van der Waals surface area (Å²) in [4.78, 5) is 0.193. The third-order valence-electron chi connectivity index (χ3n) is 4.47. The van der Waals surface area contributed by atoms with E-state index in [4.69, 9.17) is 14.2 Å². The van der Waals surface area contributed by atoms with Crippen LogP contribution in [0.3, 0.4) is 0 Å². The average Bonchev–Trinajstić information content (AvgIpc) is 3.20. The Morgan fingerprint density at radius 2 is 1.92 bits per heavy atom. The first-order valence-corrected chi connectivity index (χ1v) is 9.60.